The number of ketones is 1. The Bertz CT molecular complexity index is 865. The summed E-state index contributed by atoms with van der Waals surface area (Å²) < 4.78 is 53.6. The van der Waals surface area contributed by atoms with E-state index in [1.165, 1.54) is 17.0 Å². The van der Waals surface area contributed by atoms with Gasteiger partial charge in [0.25, 0.3) is 0 Å². The van der Waals surface area contributed by atoms with Gasteiger partial charge < -0.3 is 10.8 Å². The lowest BCUT2D eigenvalue weighted by atomic mass is 9.83. The van der Waals surface area contributed by atoms with E-state index < -0.39 is 29.7 Å². The van der Waals surface area contributed by atoms with Gasteiger partial charge >= 0.3 is 6.18 Å². The molecule has 2 atom stereocenters. The molecule has 4 nitrogen and oxygen atoms in total. The predicted molar refractivity (Wildman–Crippen MR) is 104 cm³/mol. The number of hydrogen-bond donors (Lipinski definition) is 2. The van der Waals surface area contributed by atoms with Gasteiger partial charge in [-0.15, -0.1) is 0 Å². The SMILES string of the molecule is NC(CC(F)N1CCC(O)(c2cccc(C(F)(F)F)c2)CC1)C(=O)c1ccccc1. The van der Waals surface area contributed by atoms with Crippen LogP contribution < -0.4 is 5.73 Å². The standard InChI is InChI=1S/C22H24F4N2O2/c23-19(14-18(27)20(29)15-5-2-1-3-6-15)28-11-9-21(30,10-12-28)16-7-4-8-17(13-16)22(24,25)26/h1-8,13,18-19,30H,9-12,14,27H2. The summed E-state index contributed by atoms with van der Waals surface area (Å²) in [4.78, 5) is 13.8. The van der Waals surface area contributed by atoms with Gasteiger partial charge in [-0.05, 0) is 30.5 Å². The van der Waals surface area contributed by atoms with Crippen molar-refractivity contribution in [2.45, 2.75) is 43.4 Å². The van der Waals surface area contributed by atoms with Crippen molar-refractivity contribution in [1.82, 2.24) is 4.90 Å². The molecule has 0 saturated carbocycles. The lowest BCUT2D eigenvalue weighted by Crippen LogP contribution is -2.48. The molecule has 0 spiro atoms. The molecule has 0 aromatic heterocycles. The third kappa shape index (κ3) is 5.06. The van der Waals surface area contributed by atoms with Crippen LogP contribution in [0.2, 0.25) is 0 Å². The average Bonchev–Trinajstić information content (AvgIpc) is 2.73. The van der Waals surface area contributed by atoms with E-state index in [4.69, 9.17) is 5.73 Å². The van der Waals surface area contributed by atoms with Gasteiger partial charge in [-0.2, -0.15) is 13.2 Å². The number of carbonyl (C=O) groups is 1. The Morgan fingerprint density at radius 1 is 1.10 bits per heavy atom. The molecule has 162 valence electrons. The Morgan fingerprint density at radius 2 is 1.73 bits per heavy atom. The van der Waals surface area contributed by atoms with Crippen LogP contribution >= 0.6 is 0 Å². The number of nitrogens with zero attached hydrogens (tertiary/aromatic N) is 1. The molecule has 0 aliphatic carbocycles. The number of halogens is 4. The van der Waals surface area contributed by atoms with E-state index in [0.29, 0.717) is 5.56 Å². The highest BCUT2D eigenvalue weighted by Gasteiger charge is 2.38. The molecule has 0 amide bonds. The average molecular weight is 424 g/mol. The zero-order chi connectivity index (χ0) is 21.9. The molecular formula is C22H24F4N2O2. The van der Waals surface area contributed by atoms with E-state index in [1.54, 1.807) is 30.3 Å². The molecule has 1 saturated heterocycles. The van der Waals surface area contributed by atoms with Crippen LogP contribution in [-0.2, 0) is 11.8 Å². The van der Waals surface area contributed by atoms with Crippen LogP contribution in [0.1, 0.15) is 40.7 Å². The molecule has 2 aromatic carbocycles. The quantitative estimate of drug-likeness (QED) is 0.420. The number of rotatable bonds is 6. The van der Waals surface area contributed by atoms with Crippen molar-refractivity contribution in [2.75, 3.05) is 13.1 Å². The molecule has 0 radical (unpaired) electrons. The maximum atomic E-state index is 14.8. The summed E-state index contributed by atoms with van der Waals surface area (Å²) in [6.45, 7) is 0.278. The van der Waals surface area contributed by atoms with Crippen molar-refractivity contribution in [3.05, 3.63) is 71.3 Å². The molecule has 2 unspecified atom stereocenters. The first-order valence-electron chi connectivity index (χ1n) is 9.73. The van der Waals surface area contributed by atoms with Crippen molar-refractivity contribution >= 4 is 5.78 Å². The van der Waals surface area contributed by atoms with E-state index >= 15 is 0 Å². The highest BCUT2D eigenvalue weighted by atomic mass is 19.4. The van der Waals surface area contributed by atoms with Crippen molar-refractivity contribution < 1.29 is 27.5 Å². The van der Waals surface area contributed by atoms with Crippen LogP contribution in [0.25, 0.3) is 0 Å². The molecule has 0 bridgehead atoms. The number of piperidine rings is 1. The number of carbonyl (C=O) groups excluding carboxylic acids is 1. The van der Waals surface area contributed by atoms with Gasteiger partial charge in [-0.3, -0.25) is 9.69 Å². The molecular weight excluding hydrogens is 400 g/mol. The summed E-state index contributed by atoms with van der Waals surface area (Å²) in [5, 5.41) is 10.9. The van der Waals surface area contributed by atoms with Gasteiger partial charge in [0.1, 0.15) is 0 Å². The van der Waals surface area contributed by atoms with Crippen molar-refractivity contribution in [1.29, 1.82) is 0 Å². The summed E-state index contributed by atoms with van der Waals surface area (Å²) in [5.74, 6) is -0.351. The number of benzene rings is 2. The topological polar surface area (TPSA) is 66.6 Å². The minimum absolute atomic E-state index is 0.0800. The van der Waals surface area contributed by atoms with E-state index in [9.17, 15) is 27.5 Å². The maximum absolute atomic E-state index is 14.8. The highest BCUT2D eigenvalue weighted by molar-refractivity contribution is 5.99. The third-order valence-electron chi connectivity index (χ3n) is 5.59. The Balaban J connectivity index is 1.60. The van der Waals surface area contributed by atoms with Crippen molar-refractivity contribution in [3.8, 4) is 0 Å². The van der Waals surface area contributed by atoms with E-state index in [0.717, 1.165) is 12.1 Å². The molecule has 3 rings (SSSR count). The Kier molecular flexibility index (Phi) is 6.59. The zero-order valence-corrected chi connectivity index (χ0v) is 16.3. The first-order valence-corrected chi connectivity index (χ1v) is 9.73. The van der Waals surface area contributed by atoms with Crippen LogP contribution in [-0.4, -0.2) is 41.2 Å². The molecule has 1 aliphatic rings. The number of likely N-dealkylation sites (tertiary alicyclic amines) is 1. The van der Waals surface area contributed by atoms with Crippen molar-refractivity contribution in [3.63, 3.8) is 0 Å². The van der Waals surface area contributed by atoms with Crippen LogP contribution in [0.15, 0.2) is 54.6 Å². The molecule has 2 aromatic rings. The van der Waals surface area contributed by atoms with Gasteiger partial charge in [0.2, 0.25) is 0 Å². The second-order valence-electron chi connectivity index (χ2n) is 7.65. The molecule has 30 heavy (non-hydrogen) atoms. The minimum atomic E-state index is -4.50. The summed E-state index contributed by atoms with van der Waals surface area (Å²) in [7, 11) is 0. The van der Waals surface area contributed by atoms with Gasteiger partial charge in [-0.25, -0.2) is 4.39 Å². The van der Waals surface area contributed by atoms with Crippen LogP contribution in [0, 0.1) is 0 Å². The first-order chi connectivity index (χ1) is 14.1. The minimum Gasteiger partial charge on any atom is -0.385 e. The number of aliphatic hydroxyl groups is 1. The van der Waals surface area contributed by atoms with E-state index in [-0.39, 0.29) is 43.7 Å². The summed E-state index contributed by atoms with van der Waals surface area (Å²) >= 11 is 0. The fourth-order valence-electron chi connectivity index (χ4n) is 3.73. The normalized spacial score (nSPS) is 19.3. The Morgan fingerprint density at radius 3 is 2.33 bits per heavy atom. The molecule has 1 aliphatic heterocycles. The Labute approximate surface area is 172 Å². The Hall–Kier alpha value is -2.29. The fraction of sp³-hybridized carbons (Fsp3) is 0.409. The van der Waals surface area contributed by atoms with Gasteiger partial charge in [0.15, 0.2) is 12.1 Å². The second-order valence-corrected chi connectivity index (χ2v) is 7.65. The smallest absolute Gasteiger partial charge is 0.385 e. The summed E-state index contributed by atoms with van der Waals surface area (Å²) in [6, 6.07) is 12.0. The van der Waals surface area contributed by atoms with Gasteiger partial charge in [0.05, 0.1) is 17.2 Å². The number of Topliss-reactive ketones (excluding diaryl/α,β-unsaturated/α-hetero) is 1. The lowest BCUT2D eigenvalue weighted by molar-refractivity contribution is -0.137. The van der Waals surface area contributed by atoms with Gasteiger partial charge in [-0.1, -0.05) is 42.5 Å². The lowest BCUT2D eigenvalue weighted by Gasteiger charge is -2.40. The zero-order valence-electron chi connectivity index (χ0n) is 16.3. The number of nitrogens with two attached hydrogens (primary N) is 1. The van der Waals surface area contributed by atoms with E-state index in [2.05, 4.69) is 0 Å². The first kappa shape index (κ1) is 22.4. The number of alkyl halides is 4. The monoisotopic (exact) mass is 424 g/mol. The van der Waals surface area contributed by atoms with Crippen molar-refractivity contribution in [2.24, 2.45) is 5.73 Å². The molecule has 1 fully saturated rings. The van der Waals surface area contributed by atoms with Crippen LogP contribution in [0.5, 0.6) is 0 Å². The number of hydrogen-bond acceptors (Lipinski definition) is 4. The van der Waals surface area contributed by atoms with Crippen LogP contribution in [0.3, 0.4) is 0 Å². The maximum Gasteiger partial charge on any atom is 0.416 e. The predicted octanol–water partition coefficient (Wildman–Crippen LogP) is 3.88. The summed E-state index contributed by atoms with van der Waals surface area (Å²) in [6.07, 6.45) is -6.03. The third-order valence-corrected chi connectivity index (χ3v) is 5.59. The second kappa shape index (κ2) is 8.83. The highest BCUT2D eigenvalue weighted by Crippen LogP contribution is 2.37. The fourth-order valence-corrected chi connectivity index (χ4v) is 3.73. The van der Waals surface area contributed by atoms with Crippen LogP contribution in [0.4, 0.5) is 17.6 Å². The molecule has 3 N–H and O–H groups in total. The largest absolute Gasteiger partial charge is 0.416 e. The molecule has 1 heterocycles. The summed E-state index contributed by atoms with van der Waals surface area (Å²) in [5.41, 5.74) is 4.18. The van der Waals surface area contributed by atoms with Gasteiger partial charge in [0, 0.05) is 25.1 Å². The molecule has 8 heteroatoms. The van der Waals surface area contributed by atoms with E-state index in [1.807, 2.05) is 0 Å².